The number of aromatic nitrogens is 4. The Balaban J connectivity index is 1.18. The number of carbonyl (C=O) groups is 1. The quantitative estimate of drug-likeness (QED) is 0.0641. The van der Waals surface area contributed by atoms with E-state index in [1.54, 1.807) is 48.5 Å². The summed E-state index contributed by atoms with van der Waals surface area (Å²) in [5.41, 5.74) is 5.49. The molecule has 4 aromatic heterocycles. The Morgan fingerprint density at radius 3 is 2.21 bits per heavy atom. The van der Waals surface area contributed by atoms with E-state index in [4.69, 9.17) is 23.9 Å². The first kappa shape index (κ1) is 40.9. The van der Waals surface area contributed by atoms with Crippen LogP contribution in [0.15, 0.2) is 146 Å². The lowest BCUT2D eigenvalue weighted by Crippen LogP contribution is -2.23. The van der Waals surface area contributed by atoms with E-state index in [1.807, 2.05) is 86.4 Å². The van der Waals surface area contributed by atoms with Crippen LogP contribution in [0, 0.1) is 23.7 Å². The largest absolute Gasteiger partial charge is 0.487 e. The number of pyridine rings is 2. The molecule has 8 aromatic rings. The van der Waals surface area contributed by atoms with Gasteiger partial charge in [-0.15, -0.1) is 0 Å². The number of imidazole rings is 2. The number of nitrogens with zero attached hydrogens (tertiary/aromatic N) is 4. The van der Waals surface area contributed by atoms with Crippen LogP contribution in [0.1, 0.15) is 61.7 Å². The molecule has 4 heterocycles. The fourth-order valence-electron chi connectivity index (χ4n) is 6.75. The number of esters is 1. The maximum Gasteiger partial charge on any atom is 0.416 e. The van der Waals surface area contributed by atoms with Gasteiger partial charge in [-0.1, -0.05) is 48.2 Å². The number of rotatable bonds is 10. The highest BCUT2D eigenvalue weighted by Crippen LogP contribution is 2.30. The van der Waals surface area contributed by atoms with Gasteiger partial charge in [0, 0.05) is 42.1 Å². The molecule has 0 aliphatic rings. The van der Waals surface area contributed by atoms with Crippen molar-refractivity contribution >= 4 is 17.3 Å². The van der Waals surface area contributed by atoms with E-state index in [2.05, 4.69) is 23.7 Å². The SMILES string of the molecule is COC(=O)c1ccc(OCc2c(C#Cc3cccc(C(F)(F)F)c3)[n+]3ccccc3n2-c2cccc(C#Cc3c(COc4ccc(C(O)OC)cc4)nc4ccccn34)c2)cc1. The van der Waals surface area contributed by atoms with E-state index in [0.717, 1.165) is 17.8 Å². The zero-order valence-corrected chi connectivity index (χ0v) is 33.3. The van der Waals surface area contributed by atoms with E-state index >= 15 is 0 Å². The molecule has 1 atom stereocenters. The molecule has 0 saturated heterocycles. The third-order valence-electron chi connectivity index (χ3n) is 9.81. The van der Waals surface area contributed by atoms with E-state index in [0.29, 0.717) is 62.3 Å². The second-order valence-corrected chi connectivity index (χ2v) is 13.8. The minimum absolute atomic E-state index is 0.0113. The number of hydrogen-bond donors (Lipinski definition) is 1. The standard InChI is InChI=1S/C49H36F3N4O6/c1-59-47(57)35-17-21-39(22-18-35)61-31-41-42(54-27-5-3-13-45(54)53-41)25-15-34-10-8-12-38(30-34)56-44(32-62-40-23-19-36(20-24-40)48(58)60-2)43(55-28-6-4-14-46(55)56)26-16-33-9-7-11-37(29-33)49(50,51)52/h3-14,17-24,27-30,47,57H,31-32H2,1-2H3/q+1. The number of ether oxygens (including phenoxy) is 4. The number of hydrogen-bond acceptors (Lipinski definition) is 7. The Kier molecular flexibility index (Phi) is 11.7. The maximum absolute atomic E-state index is 13.6. The Morgan fingerprint density at radius 1 is 0.774 bits per heavy atom. The first-order valence-corrected chi connectivity index (χ1v) is 19.2. The molecule has 1 N–H and O–H groups in total. The number of alkyl halides is 3. The van der Waals surface area contributed by atoms with Crippen LogP contribution in [0.3, 0.4) is 0 Å². The number of fused-ring (bicyclic) bond motifs is 2. The highest BCUT2D eigenvalue weighted by atomic mass is 19.4. The lowest BCUT2D eigenvalue weighted by molar-refractivity contribution is -0.513. The smallest absolute Gasteiger partial charge is 0.416 e. The van der Waals surface area contributed by atoms with Gasteiger partial charge in [0.15, 0.2) is 12.9 Å². The van der Waals surface area contributed by atoms with Crippen molar-refractivity contribution in [2.75, 3.05) is 14.2 Å². The summed E-state index contributed by atoms with van der Waals surface area (Å²) in [7, 11) is 2.73. The number of benzene rings is 4. The minimum Gasteiger partial charge on any atom is -0.487 e. The predicted octanol–water partition coefficient (Wildman–Crippen LogP) is 8.26. The van der Waals surface area contributed by atoms with E-state index in [-0.39, 0.29) is 18.8 Å². The number of carbonyl (C=O) groups excluding carboxylic acids is 1. The van der Waals surface area contributed by atoms with Gasteiger partial charge in [-0.25, -0.2) is 9.78 Å². The third kappa shape index (κ3) is 8.86. The summed E-state index contributed by atoms with van der Waals surface area (Å²) in [4.78, 5) is 16.9. The molecule has 62 heavy (non-hydrogen) atoms. The zero-order valence-electron chi connectivity index (χ0n) is 33.3. The lowest BCUT2D eigenvalue weighted by atomic mass is 10.1. The molecule has 308 valence electrons. The minimum atomic E-state index is -4.53. The van der Waals surface area contributed by atoms with Crippen LogP contribution in [-0.4, -0.2) is 39.2 Å². The summed E-state index contributed by atoms with van der Waals surface area (Å²) in [5, 5.41) is 9.98. The van der Waals surface area contributed by atoms with Crippen LogP contribution < -0.4 is 13.9 Å². The fraction of sp³-hybridized carbons (Fsp3) is 0.122. The van der Waals surface area contributed by atoms with Crippen LogP contribution in [0.4, 0.5) is 13.2 Å². The van der Waals surface area contributed by atoms with Crippen LogP contribution in [0.5, 0.6) is 11.5 Å². The molecule has 0 radical (unpaired) electrons. The van der Waals surface area contributed by atoms with Crippen molar-refractivity contribution in [1.29, 1.82) is 0 Å². The van der Waals surface area contributed by atoms with Gasteiger partial charge in [-0.2, -0.15) is 22.1 Å². The molecule has 0 aliphatic carbocycles. The zero-order chi connectivity index (χ0) is 43.2. The van der Waals surface area contributed by atoms with Gasteiger partial charge in [-0.05, 0) is 96.8 Å². The van der Waals surface area contributed by atoms with Crippen molar-refractivity contribution in [1.82, 2.24) is 14.0 Å². The molecule has 0 amide bonds. The van der Waals surface area contributed by atoms with Crippen molar-refractivity contribution in [3.63, 3.8) is 0 Å². The number of halogens is 3. The van der Waals surface area contributed by atoms with Gasteiger partial charge in [0.1, 0.15) is 40.8 Å². The normalized spacial score (nSPS) is 11.6. The summed E-state index contributed by atoms with van der Waals surface area (Å²) in [6.45, 7) is 0.117. The van der Waals surface area contributed by atoms with Crippen LogP contribution in [-0.2, 0) is 28.9 Å². The molecule has 1 unspecified atom stereocenters. The van der Waals surface area contributed by atoms with Crippen LogP contribution in [0.25, 0.3) is 17.0 Å². The third-order valence-corrected chi connectivity index (χ3v) is 9.81. The Bertz CT molecular complexity index is 3040. The monoisotopic (exact) mass is 833 g/mol. The molecule has 4 aromatic carbocycles. The predicted molar refractivity (Wildman–Crippen MR) is 222 cm³/mol. The second kappa shape index (κ2) is 17.8. The summed E-state index contributed by atoms with van der Waals surface area (Å²) in [6.07, 6.45) is -1.85. The van der Waals surface area contributed by atoms with Gasteiger partial charge >= 0.3 is 12.1 Å². The van der Waals surface area contributed by atoms with Crippen molar-refractivity contribution < 1.29 is 46.4 Å². The van der Waals surface area contributed by atoms with Crippen molar-refractivity contribution in [3.05, 3.63) is 196 Å². The topological polar surface area (TPSA) is 101 Å². The Hall–Kier alpha value is -7.84. The number of aliphatic hydroxyl groups excluding tert-OH is 1. The van der Waals surface area contributed by atoms with E-state index in [1.165, 1.54) is 26.4 Å². The summed E-state index contributed by atoms with van der Waals surface area (Å²) < 4.78 is 68.8. The van der Waals surface area contributed by atoms with Gasteiger partial charge in [0.25, 0.3) is 5.65 Å². The highest BCUT2D eigenvalue weighted by molar-refractivity contribution is 5.89. The fourth-order valence-corrected chi connectivity index (χ4v) is 6.75. The first-order chi connectivity index (χ1) is 30.1. The molecule has 0 bridgehead atoms. The van der Waals surface area contributed by atoms with E-state index in [9.17, 15) is 23.1 Å². The lowest BCUT2D eigenvalue weighted by Gasteiger charge is -2.10. The van der Waals surface area contributed by atoms with Gasteiger partial charge in [0.05, 0.1) is 24.4 Å². The van der Waals surface area contributed by atoms with Crippen LogP contribution in [0.2, 0.25) is 0 Å². The molecule has 13 heteroatoms. The van der Waals surface area contributed by atoms with Crippen molar-refractivity contribution in [2.24, 2.45) is 0 Å². The van der Waals surface area contributed by atoms with Crippen LogP contribution >= 0.6 is 0 Å². The first-order valence-electron chi connectivity index (χ1n) is 19.2. The summed E-state index contributed by atoms with van der Waals surface area (Å²) in [6, 6.07) is 37.2. The van der Waals surface area contributed by atoms with Crippen molar-refractivity contribution in [2.45, 2.75) is 25.7 Å². The average molecular weight is 834 g/mol. The highest BCUT2D eigenvalue weighted by Gasteiger charge is 2.31. The van der Waals surface area contributed by atoms with Gasteiger partial charge in [0.2, 0.25) is 11.4 Å². The molecular weight excluding hydrogens is 798 g/mol. The molecule has 10 nitrogen and oxygen atoms in total. The number of aliphatic hydroxyl groups is 1. The van der Waals surface area contributed by atoms with Gasteiger partial charge < -0.3 is 24.1 Å². The molecular formula is C49H36F3N4O6+. The molecule has 8 rings (SSSR count). The Morgan fingerprint density at radius 2 is 1.47 bits per heavy atom. The molecule has 0 fully saturated rings. The Labute approximate surface area is 354 Å². The van der Waals surface area contributed by atoms with Crippen molar-refractivity contribution in [3.8, 4) is 40.9 Å². The maximum atomic E-state index is 13.6. The van der Waals surface area contributed by atoms with Gasteiger partial charge in [-0.3, -0.25) is 4.40 Å². The number of methoxy groups -OCH3 is 2. The average Bonchev–Trinajstić information content (AvgIpc) is 3.82. The van der Waals surface area contributed by atoms with E-state index < -0.39 is 24.0 Å². The molecule has 0 spiro atoms. The molecule has 0 aliphatic heterocycles. The molecule has 0 saturated carbocycles. The summed E-state index contributed by atoms with van der Waals surface area (Å²) in [5.74, 6) is 13.3. The summed E-state index contributed by atoms with van der Waals surface area (Å²) >= 11 is 0. The second-order valence-electron chi connectivity index (χ2n) is 13.8.